The van der Waals surface area contributed by atoms with Gasteiger partial charge in [0.15, 0.2) is 5.78 Å². The van der Waals surface area contributed by atoms with Gasteiger partial charge >= 0.3 is 0 Å². The number of benzene rings is 1. The Labute approximate surface area is 95.5 Å². The molecule has 2 nitrogen and oxygen atoms in total. The molecule has 0 unspecified atom stereocenters. The van der Waals surface area contributed by atoms with E-state index in [1.165, 1.54) is 5.69 Å². The summed E-state index contributed by atoms with van der Waals surface area (Å²) in [4.78, 5) is 11.8. The van der Waals surface area contributed by atoms with E-state index >= 15 is 0 Å². The quantitative estimate of drug-likeness (QED) is 0.716. The molecule has 0 saturated heterocycles. The number of hydrogen-bond donors (Lipinski definition) is 0. The maximum atomic E-state index is 11.8. The SMILES string of the molecule is Cn1cccc1CCC(=O)c1ccccc1. The van der Waals surface area contributed by atoms with Crippen LogP contribution < -0.4 is 0 Å². The Kier molecular flexibility index (Phi) is 3.20. The number of nitrogens with zero attached hydrogens (tertiary/aromatic N) is 1. The van der Waals surface area contributed by atoms with Crippen molar-refractivity contribution in [1.29, 1.82) is 0 Å². The monoisotopic (exact) mass is 213 g/mol. The largest absolute Gasteiger partial charge is 0.354 e. The molecule has 16 heavy (non-hydrogen) atoms. The van der Waals surface area contributed by atoms with Gasteiger partial charge in [0.1, 0.15) is 0 Å². The van der Waals surface area contributed by atoms with E-state index in [2.05, 4.69) is 10.6 Å². The van der Waals surface area contributed by atoms with Gasteiger partial charge in [-0.15, -0.1) is 0 Å². The number of ketones is 1. The highest BCUT2D eigenvalue weighted by Crippen LogP contribution is 2.08. The third-order valence-electron chi connectivity index (χ3n) is 2.76. The fourth-order valence-electron chi connectivity index (χ4n) is 1.77. The summed E-state index contributed by atoms with van der Waals surface area (Å²) >= 11 is 0. The van der Waals surface area contributed by atoms with E-state index in [-0.39, 0.29) is 5.78 Å². The third kappa shape index (κ3) is 2.40. The lowest BCUT2D eigenvalue weighted by atomic mass is 10.1. The molecule has 0 bridgehead atoms. The van der Waals surface area contributed by atoms with Crippen LogP contribution >= 0.6 is 0 Å². The summed E-state index contributed by atoms with van der Waals surface area (Å²) in [6, 6.07) is 13.5. The molecule has 0 fully saturated rings. The van der Waals surface area contributed by atoms with E-state index < -0.39 is 0 Å². The first-order valence-electron chi connectivity index (χ1n) is 5.46. The third-order valence-corrected chi connectivity index (χ3v) is 2.76. The van der Waals surface area contributed by atoms with E-state index in [0.29, 0.717) is 6.42 Å². The first-order chi connectivity index (χ1) is 7.77. The van der Waals surface area contributed by atoms with Crippen LogP contribution in [-0.2, 0) is 13.5 Å². The lowest BCUT2D eigenvalue weighted by Crippen LogP contribution is -2.03. The summed E-state index contributed by atoms with van der Waals surface area (Å²) in [5, 5.41) is 0. The maximum absolute atomic E-state index is 11.8. The number of hydrogen-bond acceptors (Lipinski definition) is 1. The second kappa shape index (κ2) is 4.79. The van der Waals surface area contributed by atoms with Gasteiger partial charge < -0.3 is 4.57 Å². The number of aromatic nitrogens is 1. The summed E-state index contributed by atoms with van der Waals surface area (Å²) in [5.74, 6) is 0.210. The van der Waals surface area contributed by atoms with Crippen molar-refractivity contribution < 1.29 is 4.79 Å². The Hall–Kier alpha value is -1.83. The van der Waals surface area contributed by atoms with Gasteiger partial charge in [-0.05, 0) is 18.6 Å². The molecule has 0 aliphatic rings. The van der Waals surface area contributed by atoms with Crippen LogP contribution in [0.4, 0.5) is 0 Å². The number of aryl methyl sites for hydroxylation is 2. The summed E-state index contributed by atoms with van der Waals surface area (Å²) in [6.07, 6.45) is 3.38. The Bertz CT molecular complexity index is 470. The molecule has 82 valence electrons. The number of carbonyl (C=O) groups is 1. The number of Topliss-reactive ketones (excluding diaryl/α,β-unsaturated/α-hetero) is 1. The molecule has 0 aliphatic carbocycles. The highest BCUT2D eigenvalue weighted by Gasteiger charge is 2.06. The van der Waals surface area contributed by atoms with Crippen LogP contribution in [0.2, 0.25) is 0 Å². The summed E-state index contributed by atoms with van der Waals surface area (Å²) in [5.41, 5.74) is 2.00. The van der Waals surface area contributed by atoms with Crippen LogP contribution in [0.3, 0.4) is 0 Å². The molecule has 0 radical (unpaired) electrons. The van der Waals surface area contributed by atoms with Crippen molar-refractivity contribution in [2.45, 2.75) is 12.8 Å². The van der Waals surface area contributed by atoms with Crippen molar-refractivity contribution in [3.05, 3.63) is 59.9 Å². The summed E-state index contributed by atoms with van der Waals surface area (Å²) in [6.45, 7) is 0. The Balaban J connectivity index is 1.97. The normalized spacial score (nSPS) is 10.3. The molecule has 2 aromatic rings. The van der Waals surface area contributed by atoms with Crippen LogP contribution in [0.5, 0.6) is 0 Å². The van der Waals surface area contributed by atoms with Crippen LogP contribution in [-0.4, -0.2) is 10.4 Å². The van der Waals surface area contributed by atoms with E-state index in [1.807, 2.05) is 49.6 Å². The van der Waals surface area contributed by atoms with Gasteiger partial charge in [-0.25, -0.2) is 0 Å². The van der Waals surface area contributed by atoms with Gasteiger partial charge in [-0.1, -0.05) is 30.3 Å². The first kappa shape index (κ1) is 10.7. The van der Waals surface area contributed by atoms with E-state index in [0.717, 1.165) is 12.0 Å². The zero-order valence-corrected chi connectivity index (χ0v) is 9.39. The fraction of sp³-hybridized carbons (Fsp3) is 0.214. The molecule has 0 N–H and O–H groups in total. The van der Waals surface area contributed by atoms with Gasteiger partial charge in [0.2, 0.25) is 0 Å². The zero-order valence-electron chi connectivity index (χ0n) is 9.39. The minimum atomic E-state index is 0.210. The summed E-state index contributed by atoms with van der Waals surface area (Å²) in [7, 11) is 2.00. The first-order valence-corrected chi connectivity index (χ1v) is 5.46. The Morgan fingerprint density at radius 1 is 1.12 bits per heavy atom. The van der Waals surface area contributed by atoms with Crippen molar-refractivity contribution in [2.24, 2.45) is 7.05 Å². The van der Waals surface area contributed by atoms with Gasteiger partial charge in [0.05, 0.1) is 0 Å². The lowest BCUT2D eigenvalue weighted by Gasteiger charge is -2.03. The zero-order chi connectivity index (χ0) is 11.4. The van der Waals surface area contributed by atoms with E-state index in [9.17, 15) is 4.79 Å². The molecule has 1 heterocycles. The second-order valence-corrected chi connectivity index (χ2v) is 3.90. The van der Waals surface area contributed by atoms with Gasteiger partial charge in [0, 0.05) is 30.9 Å². The summed E-state index contributed by atoms with van der Waals surface area (Å²) < 4.78 is 2.05. The van der Waals surface area contributed by atoms with Gasteiger partial charge in [-0.2, -0.15) is 0 Å². The van der Waals surface area contributed by atoms with Gasteiger partial charge in [0.25, 0.3) is 0 Å². The molecule has 2 heteroatoms. The van der Waals surface area contributed by atoms with Crippen molar-refractivity contribution in [2.75, 3.05) is 0 Å². The second-order valence-electron chi connectivity index (χ2n) is 3.90. The number of carbonyl (C=O) groups excluding carboxylic acids is 1. The standard InChI is InChI=1S/C14H15NO/c1-15-11-5-8-13(15)9-10-14(16)12-6-3-2-4-7-12/h2-8,11H,9-10H2,1H3. The predicted octanol–water partition coefficient (Wildman–Crippen LogP) is 2.84. The Morgan fingerprint density at radius 2 is 1.88 bits per heavy atom. The molecule has 2 rings (SSSR count). The van der Waals surface area contributed by atoms with Gasteiger partial charge in [-0.3, -0.25) is 4.79 Å². The average Bonchev–Trinajstić information content (AvgIpc) is 2.73. The molecular weight excluding hydrogens is 198 g/mol. The molecule has 0 amide bonds. The number of rotatable bonds is 4. The van der Waals surface area contributed by atoms with Crippen molar-refractivity contribution in [1.82, 2.24) is 4.57 Å². The van der Waals surface area contributed by atoms with Crippen LogP contribution in [0.1, 0.15) is 22.5 Å². The highest BCUT2D eigenvalue weighted by atomic mass is 16.1. The maximum Gasteiger partial charge on any atom is 0.163 e. The highest BCUT2D eigenvalue weighted by molar-refractivity contribution is 5.96. The van der Waals surface area contributed by atoms with Crippen LogP contribution in [0.25, 0.3) is 0 Å². The fourth-order valence-corrected chi connectivity index (χ4v) is 1.77. The minimum absolute atomic E-state index is 0.210. The Morgan fingerprint density at radius 3 is 2.50 bits per heavy atom. The van der Waals surface area contributed by atoms with Crippen molar-refractivity contribution in [3.8, 4) is 0 Å². The van der Waals surface area contributed by atoms with Crippen LogP contribution in [0.15, 0.2) is 48.7 Å². The molecular formula is C14H15NO. The lowest BCUT2D eigenvalue weighted by molar-refractivity contribution is 0.0982. The average molecular weight is 213 g/mol. The van der Waals surface area contributed by atoms with E-state index in [4.69, 9.17) is 0 Å². The molecule has 1 aromatic heterocycles. The topological polar surface area (TPSA) is 22.0 Å². The van der Waals surface area contributed by atoms with Crippen LogP contribution in [0, 0.1) is 0 Å². The molecule has 0 saturated carbocycles. The van der Waals surface area contributed by atoms with Crippen molar-refractivity contribution >= 4 is 5.78 Å². The minimum Gasteiger partial charge on any atom is -0.354 e. The predicted molar refractivity (Wildman–Crippen MR) is 64.5 cm³/mol. The van der Waals surface area contributed by atoms with E-state index in [1.54, 1.807) is 0 Å². The smallest absolute Gasteiger partial charge is 0.163 e. The molecule has 1 aromatic carbocycles. The molecule has 0 spiro atoms. The van der Waals surface area contributed by atoms with Crippen molar-refractivity contribution in [3.63, 3.8) is 0 Å². The molecule has 0 aliphatic heterocycles. The molecule has 0 atom stereocenters.